The van der Waals surface area contributed by atoms with Gasteiger partial charge in [-0.1, -0.05) is 31.5 Å². The van der Waals surface area contributed by atoms with Crippen molar-refractivity contribution < 1.29 is 9.13 Å². The van der Waals surface area contributed by atoms with Crippen LogP contribution in [0.1, 0.15) is 18.1 Å². The van der Waals surface area contributed by atoms with Gasteiger partial charge in [0.25, 0.3) is 0 Å². The van der Waals surface area contributed by atoms with Crippen LogP contribution < -0.4 is 25.6 Å². The second-order valence-corrected chi connectivity index (χ2v) is 9.54. The van der Waals surface area contributed by atoms with Crippen molar-refractivity contribution in [3.8, 4) is 11.5 Å². The summed E-state index contributed by atoms with van der Waals surface area (Å²) in [7, 11) is 3.50. The zero-order valence-electron chi connectivity index (χ0n) is 19.0. The van der Waals surface area contributed by atoms with E-state index in [4.69, 9.17) is 10.1 Å². The maximum Gasteiger partial charge on any atom is 0.147 e. The van der Waals surface area contributed by atoms with E-state index in [1.54, 1.807) is 42.7 Å². The average Bonchev–Trinajstić information content (AvgIpc) is 2.79. The first-order chi connectivity index (χ1) is 15.8. The first kappa shape index (κ1) is 25.0. The Labute approximate surface area is 211 Å². The third-order valence-corrected chi connectivity index (χ3v) is 6.39. The lowest BCUT2D eigenvalue weighted by Crippen LogP contribution is -2.22. The molecule has 0 spiro atoms. The molecule has 0 bridgehead atoms. The van der Waals surface area contributed by atoms with Gasteiger partial charge in [-0.2, -0.15) is 0 Å². The molecule has 0 unspecified atom stereocenters. The predicted octanol–water partition coefficient (Wildman–Crippen LogP) is 6.36. The largest absolute Gasteiger partial charge is 0.456 e. The summed E-state index contributed by atoms with van der Waals surface area (Å²) in [6.07, 6.45) is 0. The molecule has 0 amide bonds. The molecule has 0 aliphatic carbocycles. The second-order valence-electron chi connectivity index (χ2n) is 7.22. The molecule has 0 saturated heterocycles. The van der Waals surface area contributed by atoms with Gasteiger partial charge in [-0.3, -0.25) is 5.41 Å². The smallest absolute Gasteiger partial charge is 0.147 e. The summed E-state index contributed by atoms with van der Waals surface area (Å²) in [5.74, 6) is 2.13. The molecule has 0 aliphatic rings. The third-order valence-electron chi connectivity index (χ3n) is 5.07. The number of rotatable bonds is 9. The number of aromatic nitrogens is 1. The molecule has 3 aromatic rings. The van der Waals surface area contributed by atoms with Crippen molar-refractivity contribution in [2.45, 2.75) is 13.8 Å². The maximum atomic E-state index is 14.6. The van der Waals surface area contributed by atoms with E-state index in [0.717, 1.165) is 20.6 Å². The Morgan fingerprint density at radius 3 is 2.64 bits per heavy atom. The van der Waals surface area contributed by atoms with Gasteiger partial charge >= 0.3 is 0 Å². The van der Waals surface area contributed by atoms with Gasteiger partial charge < -0.3 is 24.7 Å². The monoisotopic (exact) mass is 579 g/mol. The second kappa shape index (κ2) is 11.0. The van der Waals surface area contributed by atoms with Crippen LogP contribution in [-0.2, 0) is 7.05 Å². The van der Waals surface area contributed by atoms with Crippen molar-refractivity contribution >= 4 is 57.4 Å². The van der Waals surface area contributed by atoms with Crippen LogP contribution in [0.25, 0.3) is 5.70 Å². The number of hydrogen-bond donors (Lipinski definition) is 4. The Kier molecular flexibility index (Phi) is 8.30. The summed E-state index contributed by atoms with van der Waals surface area (Å²) in [6, 6.07) is 12.4. The molecule has 1 aromatic heterocycles. The minimum Gasteiger partial charge on any atom is -0.456 e. The van der Waals surface area contributed by atoms with E-state index in [2.05, 4.69) is 51.4 Å². The highest BCUT2D eigenvalue weighted by atomic mass is 127. The van der Waals surface area contributed by atoms with E-state index in [1.165, 1.54) is 6.07 Å². The Morgan fingerprint density at radius 2 is 1.97 bits per heavy atom. The van der Waals surface area contributed by atoms with E-state index in [9.17, 15) is 4.39 Å². The molecular weight excluding hydrogens is 552 g/mol. The molecule has 3 rings (SSSR count). The molecular formula is C24H27FIN5OS. The van der Waals surface area contributed by atoms with Crippen molar-refractivity contribution in [2.75, 3.05) is 22.8 Å². The first-order valence-corrected chi connectivity index (χ1v) is 12.4. The van der Waals surface area contributed by atoms with Gasteiger partial charge in [-0.15, -0.1) is 0 Å². The molecule has 1 heterocycles. The van der Waals surface area contributed by atoms with Crippen LogP contribution in [0.5, 0.6) is 11.5 Å². The van der Waals surface area contributed by atoms with Crippen LogP contribution in [0, 0.1) is 21.7 Å². The van der Waals surface area contributed by atoms with Gasteiger partial charge in [0.15, 0.2) is 0 Å². The molecule has 9 heteroatoms. The summed E-state index contributed by atoms with van der Waals surface area (Å²) < 4.78 is 26.7. The lowest BCUT2D eigenvalue weighted by molar-refractivity contribution is 0.474. The zero-order chi connectivity index (χ0) is 24.1. The quantitative estimate of drug-likeness (QED) is 0.175. The minimum absolute atomic E-state index is 0.194. The van der Waals surface area contributed by atoms with E-state index in [1.807, 2.05) is 31.2 Å². The molecule has 0 saturated carbocycles. The highest BCUT2D eigenvalue weighted by Crippen LogP contribution is 2.37. The van der Waals surface area contributed by atoms with Gasteiger partial charge in [-0.05, 0) is 59.8 Å². The van der Waals surface area contributed by atoms with Gasteiger partial charge in [0.05, 0.1) is 16.9 Å². The van der Waals surface area contributed by atoms with Gasteiger partial charge in [0.1, 0.15) is 28.6 Å². The van der Waals surface area contributed by atoms with Crippen molar-refractivity contribution in [3.05, 3.63) is 75.0 Å². The zero-order valence-corrected chi connectivity index (χ0v) is 21.9. The molecule has 4 N–H and O–H groups in total. The molecule has 33 heavy (non-hydrogen) atoms. The third kappa shape index (κ3) is 5.64. The lowest BCUT2D eigenvalue weighted by atomic mass is 10.1. The fourth-order valence-electron chi connectivity index (χ4n) is 3.16. The minimum atomic E-state index is -0.385. The van der Waals surface area contributed by atoms with Crippen molar-refractivity contribution in [3.63, 3.8) is 0 Å². The predicted molar refractivity (Wildman–Crippen MR) is 145 cm³/mol. The van der Waals surface area contributed by atoms with Crippen LogP contribution in [0.15, 0.2) is 49.0 Å². The van der Waals surface area contributed by atoms with Gasteiger partial charge in [0.2, 0.25) is 0 Å². The standard InChI is InChI=1S/C24H27FIN5OS/c1-6-33-30-18-8-7-9-20(14(18)2)32-21-13-22(27)31(5)24(23(21)15(3)28-4)29-19-11-10-16(26)12-17(19)25/h7-13,27-30H,3,6H2,1-2,4-5H3. The molecule has 2 aromatic carbocycles. The Morgan fingerprint density at radius 1 is 1.21 bits per heavy atom. The Bertz CT molecular complexity index is 1240. The molecule has 0 aliphatic heterocycles. The highest BCUT2D eigenvalue weighted by molar-refractivity contribution is 14.1. The number of halogens is 2. The van der Waals surface area contributed by atoms with Gasteiger partial charge in [0, 0.05) is 40.7 Å². The highest BCUT2D eigenvalue weighted by Gasteiger charge is 2.19. The van der Waals surface area contributed by atoms with Gasteiger partial charge in [-0.25, -0.2) is 4.39 Å². The maximum absolute atomic E-state index is 14.6. The summed E-state index contributed by atoms with van der Waals surface area (Å²) in [6.45, 7) is 8.17. The fraction of sp³-hybridized carbons (Fsp3) is 0.208. The Balaban J connectivity index is 2.13. The number of benzene rings is 2. The van der Waals surface area contributed by atoms with E-state index in [0.29, 0.717) is 34.3 Å². The van der Waals surface area contributed by atoms with Crippen molar-refractivity contribution in [2.24, 2.45) is 7.05 Å². The Hall–Kier alpha value is -2.66. The normalized spacial score (nSPS) is 10.6. The number of pyridine rings is 1. The van der Waals surface area contributed by atoms with E-state index < -0.39 is 0 Å². The number of nitrogens with one attached hydrogen (secondary N) is 4. The van der Waals surface area contributed by atoms with Crippen molar-refractivity contribution in [1.82, 2.24) is 9.88 Å². The van der Waals surface area contributed by atoms with Crippen LogP contribution in [-0.4, -0.2) is 17.4 Å². The molecule has 0 fully saturated rings. The molecule has 0 atom stereocenters. The first-order valence-electron chi connectivity index (χ1n) is 10.3. The SMILES string of the molecule is C=C(NC)c1c(Oc2cccc(NSCC)c2C)cc(=N)n(C)c1Nc1ccc(I)cc1F. The summed E-state index contributed by atoms with van der Waals surface area (Å²) in [4.78, 5) is 0. The lowest BCUT2D eigenvalue weighted by Gasteiger charge is -2.22. The van der Waals surface area contributed by atoms with Crippen molar-refractivity contribution in [1.29, 1.82) is 5.41 Å². The average molecular weight is 579 g/mol. The van der Waals surface area contributed by atoms with Crippen LogP contribution in [0.2, 0.25) is 0 Å². The molecule has 0 radical (unpaired) electrons. The van der Waals surface area contributed by atoms with Crippen LogP contribution >= 0.6 is 34.5 Å². The summed E-state index contributed by atoms with van der Waals surface area (Å²) in [5, 5.41) is 14.7. The van der Waals surface area contributed by atoms with E-state index in [-0.39, 0.29) is 11.3 Å². The number of hydrogen-bond acceptors (Lipinski definition) is 6. The number of nitrogens with zero attached hydrogens (tertiary/aromatic N) is 1. The van der Waals surface area contributed by atoms with Crippen LogP contribution in [0.3, 0.4) is 0 Å². The van der Waals surface area contributed by atoms with E-state index >= 15 is 0 Å². The topological polar surface area (TPSA) is 74.1 Å². The summed E-state index contributed by atoms with van der Waals surface area (Å²) >= 11 is 3.67. The number of anilines is 3. The number of ether oxygens (including phenoxy) is 1. The summed E-state index contributed by atoms with van der Waals surface area (Å²) in [5.41, 5.74) is 3.57. The molecule has 6 nitrogen and oxygen atoms in total. The molecule has 174 valence electrons. The van der Waals surface area contributed by atoms with Crippen LogP contribution in [0.4, 0.5) is 21.6 Å². The fourth-order valence-corrected chi connectivity index (χ4v) is 4.14.